The Labute approximate surface area is 166 Å². The first-order chi connectivity index (χ1) is 13.5. The quantitative estimate of drug-likeness (QED) is 0.776. The molecule has 0 fully saturated rings. The molecule has 4 rings (SSSR count). The summed E-state index contributed by atoms with van der Waals surface area (Å²) >= 11 is 0. The molecule has 3 aliphatic rings. The van der Waals surface area contributed by atoms with Gasteiger partial charge >= 0.3 is 0 Å². The van der Waals surface area contributed by atoms with Crippen LogP contribution in [0.2, 0.25) is 0 Å². The standard InChI is InChI=1S/C23H28O5/c1-23(2)9-8-16-18(28-23)7-6-14-10-15(13-27-22(14)16)17-11-20(25-4)21(26-5)12-19(17)24-3/h6-9,11,15,21H,10,12-13H2,1-5H3. The first kappa shape index (κ1) is 18.9. The summed E-state index contributed by atoms with van der Waals surface area (Å²) in [7, 11) is 5.08. The lowest BCUT2D eigenvalue weighted by atomic mass is 9.84. The fourth-order valence-electron chi connectivity index (χ4n) is 4.16. The normalized spacial score (nSPS) is 25.1. The molecule has 1 aromatic carbocycles. The van der Waals surface area contributed by atoms with Crippen LogP contribution in [-0.2, 0) is 20.6 Å². The molecule has 0 saturated carbocycles. The van der Waals surface area contributed by atoms with E-state index in [2.05, 4.69) is 44.2 Å². The van der Waals surface area contributed by atoms with Crippen molar-refractivity contribution in [2.45, 2.75) is 38.4 Å². The Morgan fingerprint density at radius 1 is 1.07 bits per heavy atom. The Morgan fingerprint density at radius 3 is 2.61 bits per heavy atom. The molecule has 0 radical (unpaired) electrons. The molecule has 0 saturated heterocycles. The minimum absolute atomic E-state index is 0.113. The van der Waals surface area contributed by atoms with Gasteiger partial charge in [-0.2, -0.15) is 0 Å². The van der Waals surface area contributed by atoms with Gasteiger partial charge in [-0.05, 0) is 50.1 Å². The van der Waals surface area contributed by atoms with Gasteiger partial charge in [-0.25, -0.2) is 0 Å². The Morgan fingerprint density at radius 2 is 1.89 bits per heavy atom. The summed E-state index contributed by atoms with van der Waals surface area (Å²) < 4.78 is 29.1. The minimum Gasteiger partial charge on any atom is -0.501 e. The van der Waals surface area contributed by atoms with E-state index in [0.29, 0.717) is 13.0 Å². The van der Waals surface area contributed by atoms with Crippen molar-refractivity contribution in [2.24, 2.45) is 5.92 Å². The molecule has 28 heavy (non-hydrogen) atoms. The van der Waals surface area contributed by atoms with Gasteiger partial charge in [0.2, 0.25) is 0 Å². The fraction of sp³-hybridized carbons (Fsp3) is 0.478. The second kappa shape index (κ2) is 7.21. The maximum atomic E-state index is 6.25. The lowest BCUT2D eigenvalue weighted by molar-refractivity contribution is 0.0626. The van der Waals surface area contributed by atoms with Crippen molar-refractivity contribution in [3.63, 3.8) is 0 Å². The summed E-state index contributed by atoms with van der Waals surface area (Å²) in [4.78, 5) is 0. The number of benzene rings is 1. The molecule has 5 nitrogen and oxygen atoms in total. The molecule has 0 N–H and O–H groups in total. The summed E-state index contributed by atoms with van der Waals surface area (Å²) in [5.74, 6) is 3.78. The van der Waals surface area contributed by atoms with Crippen molar-refractivity contribution in [3.8, 4) is 11.5 Å². The van der Waals surface area contributed by atoms with Crippen LogP contribution in [0.25, 0.3) is 6.08 Å². The van der Waals surface area contributed by atoms with E-state index in [0.717, 1.165) is 40.6 Å². The molecular weight excluding hydrogens is 356 g/mol. The number of hydrogen-bond acceptors (Lipinski definition) is 5. The summed E-state index contributed by atoms with van der Waals surface area (Å²) in [6.07, 6.45) is 7.69. The van der Waals surface area contributed by atoms with Crippen LogP contribution < -0.4 is 9.47 Å². The highest BCUT2D eigenvalue weighted by atomic mass is 16.5. The van der Waals surface area contributed by atoms with Gasteiger partial charge in [0, 0.05) is 25.0 Å². The fourth-order valence-corrected chi connectivity index (χ4v) is 4.16. The van der Waals surface area contributed by atoms with E-state index in [1.54, 1.807) is 21.3 Å². The third-order valence-electron chi connectivity index (χ3n) is 5.67. The van der Waals surface area contributed by atoms with Gasteiger partial charge in [-0.3, -0.25) is 0 Å². The average molecular weight is 384 g/mol. The second-order valence-electron chi connectivity index (χ2n) is 7.98. The van der Waals surface area contributed by atoms with Crippen LogP contribution in [0.3, 0.4) is 0 Å². The van der Waals surface area contributed by atoms with Crippen LogP contribution in [0.4, 0.5) is 0 Å². The van der Waals surface area contributed by atoms with Gasteiger partial charge in [0.05, 0.1) is 26.4 Å². The predicted molar refractivity (Wildman–Crippen MR) is 107 cm³/mol. The molecular formula is C23H28O5. The number of fused-ring (bicyclic) bond motifs is 3. The third kappa shape index (κ3) is 3.28. The van der Waals surface area contributed by atoms with Crippen LogP contribution in [0.1, 0.15) is 31.4 Å². The SMILES string of the molecule is COC1=CC(C2COc3c(ccc4c3C=CC(C)(C)O4)C2)=C(OC)CC1OC. The molecule has 0 aromatic heterocycles. The monoisotopic (exact) mass is 384 g/mol. The van der Waals surface area contributed by atoms with E-state index in [1.807, 2.05) is 0 Å². The van der Waals surface area contributed by atoms with Crippen molar-refractivity contribution in [1.29, 1.82) is 0 Å². The Bertz CT molecular complexity index is 862. The van der Waals surface area contributed by atoms with E-state index < -0.39 is 0 Å². The number of ether oxygens (including phenoxy) is 5. The van der Waals surface area contributed by atoms with Gasteiger partial charge in [0.15, 0.2) is 0 Å². The van der Waals surface area contributed by atoms with E-state index in [9.17, 15) is 0 Å². The lowest BCUT2D eigenvalue weighted by Gasteiger charge is -2.34. The van der Waals surface area contributed by atoms with Gasteiger partial charge in [-0.15, -0.1) is 0 Å². The molecule has 5 heteroatoms. The van der Waals surface area contributed by atoms with Crippen molar-refractivity contribution < 1.29 is 23.7 Å². The second-order valence-corrected chi connectivity index (χ2v) is 7.98. The molecule has 1 aromatic rings. The summed E-state index contributed by atoms with van der Waals surface area (Å²) in [6, 6.07) is 4.17. The molecule has 2 unspecified atom stereocenters. The number of allylic oxidation sites excluding steroid dienone is 1. The third-order valence-corrected chi connectivity index (χ3v) is 5.67. The highest BCUT2D eigenvalue weighted by Crippen LogP contribution is 2.43. The molecule has 2 aliphatic heterocycles. The summed E-state index contributed by atoms with van der Waals surface area (Å²) in [5.41, 5.74) is 3.06. The van der Waals surface area contributed by atoms with Crippen LogP contribution in [0.5, 0.6) is 11.5 Å². The van der Waals surface area contributed by atoms with Crippen LogP contribution in [0, 0.1) is 5.92 Å². The highest BCUT2D eigenvalue weighted by molar-refractivity contribution is 5.69. The van der Waals surface area contributed by atoms with Gasteiger partial charge in [-0.1, -0.05) is 6.07 Å². The van der Waals surface area contributed by atoms with Gasteiger partial charge < -0.3 is 23.7 Å². The molecule has 2 heterocycles. The molecule has 1 aliphatic carbocycles. The first-order valence-corrected chi connectivity index (χ1v) is 9.68. The predicted octanol–water partition coefficient (Wildman–Crippen LogP) is 4.27. The van der Waals surface area contributed by atoms with Crippen LogP contribution in [-0.4, -0.2) is 39.6 Å². The zero-order chi connectivity index (χ0) is 19.9. The number of hydrogen-bond donors (Lipinski definition) is 0. The molecule has 150 valence electrons. The Hall–Kier alpha value is -2.40. The van der Waals surface area contributed by atoms with E-state index >= 15 is 0 Å². The number of rotatable bonds is 4. The van der Waals surface area contributed by atoms with Crippen molar-refractivity contribution in [1.82, 2.24) is 0 Å². The smallest absolute Gasteiger partial charge is 0.133 e. The zero-order valence-electron chi connectivity index (χ0n) is 17.2. The maximum Gasteiger partial charge on any atom is 0.133 e. The van der Waals surface area contributed by atoms with E-state index in [-0.39, 0.29) is 17.6 Å². The highest BCUT2D eigenvalue weighted by Gasteiger charge is 2.33. The van der Waals surface area contributed by atoms with Crippen LogP contribution >= 0.6 is 0 Å². The largest absolute Gasteiger partial charge is 0.501 e. The molecule has 0 amide bonds. The zero-order valence-corrected chi connectivity index (χ0v) is 17.2. The lowest BCUT2D eigenvalue weighted by Crippen LogP contribution is -2.30. The topological polar surface area (TPSA) is 46.2 Å². The van der Waals surface area contributed by atoms with Gasteiger partial charge in [0.25, 0.3) is 0 Å². The Kier molecular flexibility index (Phi) is 4.88. The minimum atomic E-state index is -0.294. The van der Waals surface area contributed by atoms with Crippen molar-refractivity contribution >= 4 is 6.08 Å². The average Bonchev–Trinajstić information content (AvgIpc) is 2.71. The van der Waals surface area contributed by atoms with E-state index in [1.165, 1.54) is 5.56 Å². The number of methoxy groups -OCH3 is 3. The molecule has 0 spiro atoms. The first-order valence-electron chi connectivity index (χ1n) is 9.68. The van der Waals surface area contributed by atoms with Crippen LogP contribution in [0.15, 0.2) is 41.4 Å². The Balaban J connectivity index is 1.64. The van der Waals surface area contributed by atoms with Crippen molar-refractivity contribution in [3.05, 3.63) is 52.5 Å². The summed E-state index contributed by atoms with van der Waals surface area (Å²) in [5, 5.41) is 0. The maximum absolute atomic E-state index is 6.25. The van der Waals surface area contributed by atoms with E-state index in [4.69, 9.17) is 23.7 Å². The van der Waals surface area contributed by atoms with Crippen molar-refractivity contribution in [2.75, 3.05) is 27.9 Å². The van der Waals surface area contributed by atoms with Gasteiger partial charge in [0.1, 0.15) is 34.7 Å². The molecule has 0 bridgehead atoms. The molecule has 2 atom stereocenters. The summed E-state index contributed by atoms with van der Waals surface area (Å²) in [6.45, 7) is 4.70.